The number of fused-ring (bicyclic) bond motifs is 8. The number of hydrogen-bond acceptors (Lipinski definition) is 6. The van der Waals surface area contributed by atoms with Crippen molar-refractivity contribution in [3.63, 3.8) is 0 Å². The number of aromatic nitrogens is 2. The van der Waals surface area contributed by atoms with Crippen LogP contribution in [0.4, 0.5) is 68.6 Å². The summed E-state index contributed by atoms with van der Waals surface area (Å²) in [6.45, 7) is 4.56. The molecule has 2 aliphatic heterocycles. The Hall–Kier alpha value is -8.68. The van der Waals surface area contributed by atoms with Gasteiger partial charge in [0.05, 0.1) is 5.69 Å². The van der Waals surface area contributed by atoms with E-state index in [1.165, 1.54) is 33.4 Å². The number of hydrogen-bond donors (Lipinski definition) is 0. The minimum Gasteiger partial charge on any atom is -0.311 e. The Bertz CT molecular complexity index is 3410. The van der Waals surface area contributed by atoms with Crippen molar-refractivity contribution in [3.8, 4) is 11.1 Å². The third kappa shape index (κ3) is 6.12. The molecule has 0 saturated heterocycles. The van der Waals surface area contributed by atoms with E-state index >= 15 is 0 Å². The van der Waals surface area contributed by atoms with Crippen molar-refractivity contribution in [2.75, 3.05) is 19.6 Å². The van der Waals surface area contributed by atoms with Gasteiger partial charge in [-0.1, -0.05) is 153 Å². The molecule has 0 fully saturated rings. The molecule has 68 heavy (non-hydrogen) atoms. The normalized spacial score (nSPS) is 13.5. The predicted octanol–water partition coefficient (Wildman–Crippen LogP) is 13.8. The van der Waals surface area contributed by atoms with E-state index in [0.29, 0.717) is 0 Å². The number of pyridine rings is 2. The lowest BCUT2D eigenvalue weighted by molar-refractivity contribution is 0.660. The van der Waals surface area contributed by atoms with Crippen LogP contribution in [-0.4, -0.2) is 16.7 Å². The van der Waals surface area contributed by atoms with Gasteiger partial charge in [0, 0.05) is 68.7 Å². The third-order valence-electron chi connectivity index (χ3n) is 14.0. The second-order valence-corrected chi connectivity index (χ2v) is 18.2. The van der Waals surface area contributed by atoms with Gasteiger partial charge in [-0.2, -0.15) is 0 Å². The number of rotatable bonds is 8. The van der Waals surface area contributed by atoms with Crippen molar-refractivity contribution in [2.45, 2.75) is 19.3 Å². The van der Waals surface area contributed by atoms with Gasteiger partial charge < -0.3 is 4.90 Å². The van der Waals surface area contributed by atoms with E-state index in [4.69, 9.17) is 9.97 Å². The van der Waals surface area contributed by atoms with Crippen LogP contribution in [0.25, 0.3) is 11.1 Å². The third-order valence-corrected chi connectivity index (χ3v) is 14.0. The second-order valence-electron chi connectivity index (χ2n) is 18.2. The van der Waals surface area contributed by atoms with Gasteiger partial charge in [0.15, 0.2) is 0 Å². The summed E-state index contributed by atoms with van der Waals surface area (Å²) in [7, 11) is 0. The van der Waals surface area contributed by atoms with Crippen molar-refractivity contribution in [1.82, 2.24) is 9.97 Å². The smallest absolute Gasteiger partial charge is 0.256 e. The molecule has 0 N–H and O–H groups in total. The number of para-hydroxylation sites is 6. The molecule has 0 spiro atoms. The highest BCUT2D eigenvalue weighted by Crippen LogP contribution is 2.57. The first kappa shape index (κ1) is 39.7. The van der Waals surface area contributed by atoms with Crippen LogP contribution in [0.3, 0.4) is 0 Å². The zero-order valence-electron chi connectivity index (χ0n) is 37.8. The quantitative estimate of drug-likeness (QED) is 0.142. The van der Waals surface area contributed by atoms with E-state index in [1.54, 1.807) is 0 Å². The zero-order chi connectivity index (χ0) is 45.3. The highest BCUT2D eigenvalue weighted by atomic mass is 15.3. The predicted molar refractivity (Wildman–Crippen MR) is 283 cm³/mol. The van der Waals surface area contributed by atoms with Gasteiger partial charge in [-0.3, -0.25) is 14.7 Å². The summed E-state index contributed by atoms with van der Waals surface area (Å²) in [5, 5.41) is 0. The number of anilines is 12. The molecule has 0 radical (unpaired) electrons. The van der Waals surface area contributed by atoms with Crippen LogP contribution in [0.5, 0.6) is 0 Å². The second kappa shape index (κ2) is 15.7. The lowest BCUT2D eigenvalue weighted by atomic mass is 9.33. The van der Waals surface area contributed by atoms with Crippen LogP contribution < -0.4 is 36.0 Å². The molecule has 0 amide bonds. The van der Waals surface area contributed by atoms with E-state index in [9.17, 15) is 0 Å². The Kier molecular flexibility index (Phi) is 9.19. The lowest BCUT2D eigenvalue weighted by Crippen LogP contribution is -2.62. The fraction of sp³-hybridized carbons (Fsp3) is 0.0492. The van der Waals surface area contributed by atoms with Crippen LogP contribution in [0.15, 0.2) is 237 Å². The van der Waals surface area contributed by atoms with E-state index in [0.717, 1.165) is 73.9 Å². The van der Waals surface area contributed by atoms with Crippen LogP contribution in [0, 0.1) is 0 Å². The van der Waals surface area contributed by atoms with E-state index in [2.05, 4.69) is 270 Å². The van der Waals surface area contributed by atoms with Crippen molar-refractivity contribution in [1.29, 1.82) is 0 Å². The summed E-state index contributed by atoms with van der Waals surface area (Å²) >= 11 is 0. The van der Waals surface area contributed by atoms with Gasteiger partial charge in [-0.25, -0.2) is 9.97 Å². The molecule has 8 aromatic carbocycles. The number of nitrogens with zero attached hydrogens (tertiary/aromatic N) is 6. The van der Waals surface area contributed by atoms with Gasteiger partial charge >= 0.3 is 0 Å². The van der Waals surface area contributed by atoms with Gasteiger partial charge in [-0.05, 0) is 118 Å². The van der Waals surface area contributed by atoms with Gasteiger partial charge in [0.25, 0.3) is 6.71 Å². The average molecular weight is 873 g/mol. The Morgan fingerprint density at radius 1 is 0.441 bits per heavy atom. The minimum absolute atomic E-state index is 0.210. The molecular formula is C61H45BN6. The molecule has 6 nitrogen and oxygen atoms in total. The van der Waals surface area contributed by atoms with Crippen LogP contribution in [0.1, 0.15) is 25.0 Å². The molecule has 10 aromatic rings. The van der Waals surface area contributed by atoms with E-state index < -0.39 is 0 Å². The zero-order valence-corrected chi connectivity index (χ0v) is 37.8. The molecule has 0 bridgehead atoms. The van der Waals surface area contributed by atoms with Crippen molar-refractivity contribution < 1.29 is 0 Å². The molecule has 0 unspecified atom stereocenters. The van der Waals surface area contributed by atoms with E-state index in [-0.39, 0.29) is 12.1 Å². The van der Waals surface area contributed by atoms with Crippen molar-refractivity contribution >= 4 is 91.7 Å². The van der Waals surface area contributed by atoms with Gasteiger partial charge in [0.2, 0.25) is 0 Å². The van der Waals surface area contributed by atoms with E-state index in [1.807, 2.05) is 0 Å². The van der Waals surface area contributed by atoms with Crippen LogP contribution >= 0.6 is 0 Å². The maximum atomic E-state index is 5.83. The van der Waals surface area contributed by atoms with Crippen molar-refractivity contribution in [2.24, 2.45) is 0 Å². The maximum absolute atomic E-state index is 5.83. The SMILES string of the molecule is CC1(C)c2ccccc2-c2c1cc1c3c2N(c2ccccc2)c2cc(N(c4ccccc4)c4ccccc4)ncc2B3c2ccc(N(c3ccccc3)c3ccccc3)nc2N1c1ccccc1. The molecule has 0 atom stereocenters. The molecule has 322 valence electrons. The minimum atomic E-state index is -0.300. The summed E-state index contributed by atoms with van der Waals surface area (Å²) in [5.74, 6) is 2.55. The summed E-state index contributed by atoms with van der Waals surface area (Å²) in [4.78, 5) is 20.8. The summed E-state index contributed by atoms with van der Waals surface area (Å²) < 4.78 is 0. The Labute approximate surface area is 397 Å². The molecule has 1 aliphatic carbocycles. The first-order valence-corrected chi connectivity index (χ1v) is 23.4. The largest absolute Gasteiger partial charge is 0.311 e. The van der Waals surface area contributed by atoms with Gasteiger partial charge in [-0.15, -0.1) is 0 Å². The topological polar surface area (TPSA) is 38.7 Å². The molecule has 13 rings (SSSR count). The first-order valence-electron chi connectivity index (χ1n) is 23.4. The maximum Gasteiger partial charge on any atom is 0.256 e. The van der Waals surface area contributed by atoms with Crippen LogP contribution in [0.2, 0.25) is 0 Å². The Morgan fingerprint density at radius 2 is 0.926 bits per heavy atom. The summed E-state index contributed by atoms with van der Waals surface area (Å²) in [6.07, 6.45) is 2.14. The lowest BCUT2D eigenvalue weighted by Gasteiger charge is -2.45. The molecule has 2 aromatic heterocycles. The van der Waals surface area contributed by atoms with Crippen LogP contribution in [-0.2, 0) is 5.41 Å². The standard InChI is InChI=1S/C61H45BN6/c1-61(2)49-36-22-21-35-48(49)57-50(61)39-54-58-59(57)67(46-31-17-7-18-32-46)53-40-56(66(44-27-13-5-14-28-44)45-29-15-6-16-30-45)63-41-52(53)62(58)51-37-38-55(64-60(51)68(54)47-33-19-8-20-34-47)65(42-23-9-3-10-24-42)43-25-11-4-12-26-43/h3-41H,1-2H3. The summed E-state index contributed by atoms with van der Waals surface area (Å²) in [5.41, 5.74) is 18.0. The fourth-order valence-corrected chi connectivity index (χ4v) is 11.0. The Morgan fingerprint density at radius 3 is 1.49 bits per heavy atom. The highest BCUT2D eigenvalue weighted by Gasteiger charge is 2.49. The highest BCUT2D eigenvalue weighted by molar-refractivity contribution is 7.00. The molecule has 0 saturated carbocycles. The average Bonchev–Trinajstić information content (AvgIpc) is 3.63. The van der Waals surface area contributed by atoms with Gasteiger partial charge in [0.1, 0.15) is 17.5 Å². The molecule has 7 heteroatoms. The first-order chi connectivity index (χ1) is 33.5. The number of benzene rings is 8. The Balaban J connectivity index is 1.14. The summed E-state index contributed by atoms with van der Waals surface area (Å²) in [6, 6.07) is 82.3. The molecule has 4 heterocycles. The monoisotopic (exact) mass is 872 g/mol. The molecular weight excluding hydrogens is 828 g/mol. The van der Waals surface area contributed by atoms with Crippen molar-refractivity contribution in [3.05, 3.63) is 248 Å². The fourth-order valence-electron chi connectivity index (χ4n) is 11.0. The molecule has 3 aliphatic rings.